The third-order valence-electron chi connectivity index (χ3n) is 5.28. The summed E-state index contributed by atoms with van der Waals surface area (Å²) in [4.78, 5) is 51.8. The van der Waals surface area contributed by atoms with E-state index in [2.05, 4.69) is 5.32 Å². The van der Waals surface area contributed by atoms with E-state index in [1.54, 1.807) is 42.5 Å². The molecule has 1 aromatic heterocycles. The summed E-state index contributed by atoms with van der Waals surface area (Å²) in [5, 5.41) is 2.81. The summed E-state index contributed by atoms with van der Waals surface area (Å²) in [5.41, 5.74) is -0.607. The van der Waals surface area contributed by atoms with E-state index in [9.17, 15) is 23.6 Å². The normalized spacial score (nSPS) is 10.8. The molecule has 1 N–H and O–H groups in total. The first-order valence-electron chi connectivity index (χ1n) is 10.3. The van der Waals surface area contributed by atoms with E-state index in [4.69, 9.17) is 4.74 Å². The molecule has 1 amide bonds. The zero-order valence-corrected chi connectivity index (χ0v) is 18.2. The minimum atomic E-state index is -0.811. The standard InChI is InChI=1S/C25H20FN3O5/c1-34-22-9-5-3-7-19(22)27-23(31)15-29-24(32)18-6-2-4-8-20(18)28(25(29)33)14-21(30)16-10-12-17(26)13-11-16/h2-13H,14-15H2,1H3,(H,27,31). The highest BCUT2D eigenvalue weighted by molar-refractivity contribution is 5.96. The van der Waals surface area contributed by atoms with E-state index in [0.717, 1.165) is 21.3 Å². The predicted octanol–water partition coefficient (Wildman–Crippen LogP) is 2.83. The molecule has 0 saturated carbocycles. The molecule has 34 heavy (non-hydrogen) atoms. The molecule has 0 bridgehead atoms. The number of nitrogens with one attached hydrogen (secondary N) is 1. The van der Waals surface area contributed by atoms with Gasteiger partial charge in [-0.3, -0.25) is 23.5 Å². The molecule has 4 aromatic rings. The highest BCUT2D eigenvalue weighted by Gasteiger charge is 2.18. The quantitative estimate of drug-likeness (QED) is 0.427. The Balaban J connectivity index is 1.72. The zero-order valence-electron chi connectivity index (χ0n) is 18.2. The van der Waals surface area contributed by atoms with E-state index in [1.165, 1.54) is 25.3 Å². The molecule has 0 fully saturated rings. The van der Waals surface area contributed by atoms with Gasteiger partial charge in [0.25, 0.3) is 5.56 Å². The molecule has 3 aromatic carbocycles. The monoisotopic (exact) mass is 461 g/mol. The van der Waals surface area contributed by atoms with Crippen LogP contribution in [0.1, 0.15) is 10.4 Å². The van der Waals surface area contributed by atoms with Crippen LogP contribution in [0, 0.1) is 5.82 Å². The van der Waals surface area contributed by atoms with E-state index >= 15 is 0 Å². The summed E-state index contributed by atoms with van der Waals surface area (Å²) in [6.45, 7) is -0.954. The third kappa shape index (κ3) is 4.49. The van der Waals surface area contributed by atoms with Crippen LogP contribution in [0.15, 0.2) is 82.4 Å². The number of anilines is 1. The van der Waals surface area contributed by atoms with Gasteiger partial charge >= 0.3 is 5.69 Å². The Morgan fingerprint density at radius 2 is 1.56 bits per heavy atom. The number of methoxy groups -OCH3 is 1. The fraction of sp³-hybridized carbons (Fsp3) is 0.120. The fourth-order valence-corrected chi connectivity index (χ4v) is 3.62. The van der Waals surface area contributed by atoms with Crippen LogP contribution >= 0.6 is 0 Å². The third-order valence-corrected chi connectivity index (χ3v) is 5.28. The molecule has 0 atom stereocenters. The molecule has 9 heteroatoms. The number of halogens is 1. The lowest BCUT2D eigenvalue weighted by Crippen LogP contribution is -2.43. The van der Waals surface area contributed by atoms with Gasteiger partial charge in [0, 0.05) is 5.56 Å². The van der Waals surface area contributed by atoms with Gasteiger partial charge in [-0.2, -0.15) is 0 Å². The molecule has 0 radical (unpaired) electrons. The molecule has 0 aliphatic heterocycles. The molecule has 172 valence electrons. The van der Waals surface area contributed by atoms with E-state index < -0.39 is 35.3 Å². The number of carbonyl (C=O) groups excluding carboxylic acids is 2. The Kier molecular flexibility index (Phi) is 6.35. The first-order chi connectivity index (χ1) is 16.4. The maximum absolute atomic E-state index is 13.2. The SMILES string of the molecule is COc1ccccc1NC(=O)Cn1c(=O)c2ccccc2n(CC(=O)c2ccc(F)cc2)c1=O. The molecule has 8 nitrogen and oxygen atoms in total. The van der Waals surface area contributed by atoms with E-state index in [-0.39, 0.29) is 23.0 Å². The van der Waals surface area contributed by atoms with Crippen molar-refractivity contribution < 1.29 is 18.7 Å². The van der Waals surface area contributed by atoms with Crippen molar-refractivity contribution in [2.24, 2.45) is 0 Å². The van der Waals surface area contributed by atoms with Gasteiger partial charge in [0.05, 0.1) is 30.2 Å². The van der Waals surface area contributed by atoms with Gasteiger partial charge in [0.1, 0.15) is 18.1 Å². The number of nitrogens with zero attached hydrogens (tertiary/aromatic N) is 2. The highest BCUT2D eigenvalue weighted by Crippen LogP contribution is 2.22. The lowest BCUT2D eigenvalue weighted by molar-refractivity contribution is -0.116. The Bertz CT molecular complexity index is 1510. The highest BCUT2D eigenvalue weighted by atomic mass is 19.1. The predicted molar refractivity (Wildman–Crippen MR) is 125 cm³/mol. The summed E-state index contributed by atoms with van der Waals surface area (Å²) >= 11 is 0. The average molecular weight is 461 g/mol. The average Bonchev–Trinajstić information content (AvgIpc) is 2.85. The van der Waals surface area contributed by atoms with Crippen molar-refractivity contribution in [3.8, 4) is 5.75 Å². The molecule has 0 unspecified atom stereocenters. The largest absolute Gasteiger partial charge is 0.495 e. The summed E-state index contributed by atoms with van der Waals surface area (Å²) in [7, 11) is 1.45. The first-order valence-corrected chi connectivity index (χ1v) is 10.3. The van der Waals surface area contributed by atoms with Gasteiger partial charge in [-0.1, -0.05) is 24.3 Å². The molecule has 0 aliphatic rings. The summed E-state index contributed by atoms with van der Waals surface area (Å²) in [6.07, 6.45) is 0. The zero-order chi connectivity index (χ0) is 24.2. The van der Waals surface area contributed by atoms with Crippen molar-refractivity contribution in [3.05, 3.63) is 105 Å². The van der Waals surface area contributed by atoms with Crippen molar-refractivity contribution in [1.29, 1.82) is 0 Å². The van der Waals surface area contributed by atoms with Crippen LogP contribution in [0.25, 0.3) is 10.9 Å². The van der Waals surface area contributed by atoms with Gasteiger partial charge in [0.2, 0.25) is 5.91 Å². The number of hydrogen-bond acceptors (Lipinski definition) is 5. The second-order valence-electron chi connectivity index (χ2n) is 7.46. The number of rotatable bonds is 7. The number of Topliss-reactive ketones (excluding diaryl/α,β-unsaturated/α-hetero) is 1. The van der Waals surface area contributed by atoms with Crippen molar-refractivity contribution in [2.45, 2.75) is 13.1 Å². The summed E-state index contributed by atoms with van der Waals surface area (Å²) in [6, 6.07) is 18.0. The number of amides is 1. The minimum Gasteiger partial charge on any atom is -0.495 e. The van der Waals surface area contributed by atoms with Crippen LogP contribution in [0.4, 0.5) is 10.1 Å². The van der Waals surface area contributed by atoms with Crippen molar-refractivity contribution in [2.75, 3.05) is 12.4 Å². The minimum absolute atomic E-state index is 0.180. The molecular formula is C25H20FN3O5. The van der Waals surface area contributed by atoms with E-state index in [0.29, 0.717) is 11.4 Å². The number of hydrogen-bond donors (Lipinski definition) is 1. The smallest absolute Gasteiger partial charge is 0.332 e. The van der Waals surface area contributed by atoms with E-state index in [1.807, 2.05) is 0 Å². The van der Waals surface area contributed by atoms with Crippen LogP contribution in [-0.2, 0) is 17.9 Å². The fourth-order valence-electron chi connectivity index (χ4n) is 3.62. The van der Waals surface area contributed by atoms with Gasteiger partial charge in [-0.15, -0.1) is 0 Å². The second-order valence-corrected chi connectivity index (χ2v) is 7.46. The first kappa shape index (κ1) is 22.7. The van der Waals surface area contributed by atoms with Crippen molar-refractivity contribution >= 4 is 28.3 Å². The summed E-state index contributed by atoms with van der Waals surface area (Å²) in [5.74, 6) is -1.14. The van der Waals surface area contributed by atoms with Gasteiger partial charge in [-0.25, -0.2) is 9.18 Å². The Hall–Kier alpha value is -4.53. The van der Waals surface area contributed by atoms with Crippen LogP contribution in [0.3, 0.4) is 0 Å². The number of fused-ring (bicyclic) bond motifs is 1. The molecule has 0 aliphatic carbocycles. The topological polar surface area (TPSA) is 99.4 Å². The number of aromatic nitrogens is 2. The number of ketones is 1. The van der Waals surface area contributed by atoms with Gasteiger partial charge in [-0.05, 0) is 48.5 Å². The number of ether oxygens (including phenoxy) is 1. The van der Waals surface area contributed by atoms with Crippen LogP contribution < -0.4 is 21.3 Å². The maximum Gasteiger partial charge on any atom is 0.332 e. The summed E-state index contributed by atoms with van der Waals surface area (Å²) < 4.78 is 20.3. The Morgan fingerprint density at radius 1 is 0.882 bits per heavy atom. The molecule has 1 heterocycles. The Morgan fingerprint density at radius 3 is 2.29 bits per heavy atom. The van der Waals surface area contributed by atoms with Crippen molar-refractivity contribution in [3.63, 3.8) is 0 Å². The van der Waals surface area contributed by atoms with Gasteiger partial charge in [0.15, 0.2) is 5.78 Å². The van der Waals surface area contributed by atoms with Crippen LogP contribution in [-0.4, -0.2) is 27.9 Å². The number of benzene rings is 3. The second kappa shape index (κ2) is 9.53. The molecule has 0 spiro atoms. The van der Waals surface area contributed by atoms with Crippen LogP contribution in [0.5, 0.6) is 5.75 Å². The van der Waals surface area contributed by atoms with Crippen molar-refractivity contribution in [1.82, 2.24) is 9.13 Å². The number of carbonyl (C=O) groups is 2. The Labute approximate surface area is 192 Å². The number of para-hydroxylation sites is 3. The lowest BCUT2D eigenvalue weighted by Gasteiger charge is -2.14. The lowest BCUT2D eigenvalue weighted by atomic mass is 10.1. The molecule has 0 saturated heterocycles. The van der Waals surface area contributed by atoms with Gasteiger partial charge < -0.3 is 10.1 Å². The molecule has 4 rings (SSSR count). The maximum atomic E-state index is 13.2. The van der Waals surface area contributed by atoms with Crippen LogP contribution in [0.2, 0.25) is 0 Å². The molecular weight excluding hydrogens is 441 g/mol.